The van der Waals surface area contributed by atoms with E-state index in [9.17, 15) is 4.79 Å². The third kappa shape index (κ3) is 2.75. The van der Waals surface area contributed by atoms with Gasteiger partial charge in [-0.2, -0.15) is 5.26 Å². The molecule has 0 heterocycles. The fourth-order valence-electron chi connectivity index (χ4n) is 1.11. The molecule has 0 radical (unpaired) electrons. The van der Waals surface area contributed by atoms with Gasteiger partial charge in [-0.3, -0.25) is 4.79 Å². The number of rotatable bonds is 3. The van der Waals surface area contributed by atoms with Gasteiger partial charge in [-0.15, -0.1) is 0 Å². The molecule has 1 aromatic carbocycles. The third-order valence-corrected chi connectivity index (χ3v) is 2.04. The molecule has 0 bridgehead atoms. The number of halogens is 1. The highest BCUT2D eigenvalue weighted by Crippen LogP contribution is 2.16. The lowest BCUT2D eigenvalue weighted by molar-refractivity contribution is -0.136. The van der Waals surface area contributed by atoms with E-state index < -0.39 is 5.97 Å². The molecule has 0 fully saturated rings. The summed E-state index contributed by atoms with van der Waals surface area (Å²) in [4.78, 5) is 10.3. The van der Waals surface area contributed by atoms with E-state index >= 15 is 0 Å². The molecule has 1 aromatic rings. The second kappa shape index (κ2) is 4.64. The van der Waals surface area contributed by atoms with Crippen molar-refractivity contribution in [1.82, 2.24) is 0 Å². The van der Waals surface area contributed by atoms with Gasteiger partial charge in [0.15, 0.2) is 0 Å². The van der Waals surface area contributed by atoms with Crippen LogP contribution in [0, 0.1) is 11.3 Å². The Labute approximate surface area is 86.5 Å². The summed E-state index contributed by atoms with van der Waals surface area (Å²) in [5.74, 6) is -0.871. The molecule has 0 saturated carbocycles. The SMILES string of the molecule is N#Cc1cc(Cl)ccc1CCC(=O)O. The molecule has 0 aliphatic heterocycles. The van der Waals surface area contributed by atoms with Crippen LogP contribution in [0.4, 0.5) is 0 Å². The lowest BCUT2D eigenvalue weighted by Gasteiger charge is -2.01. The van der Waals surface area contributed by atoms with Gasteiger partial charge in [-0.25, -0.2) is 0 Å². The molecule has 4 heteroatoms. The van der Waals surface area contributed by atoms with Crippen molar-refractivity contribution in [3.8, 4) is 6.07 Å². The van der Waals surface area contributed by atoms with Crippen molar-refractivity contribution in [2.45, 2.75) is 12.8 Å². The van der Waals surface area contributed by atoms with Crippen LogP contribution in [-0.4, -0.2) is 11.1 Å². The van der Waals surface area contributed by atoms with E-state index in [-0.39, 0.29) is 6.42 Å². The highest BCUT2D eigenvalue weighted by molar-refractivity contribution is 6.30. The number of hydrogen-bond acceptors (Lipinski definition) is 2. The zero-order valence-electron chi connectivity index (χ0n) is 7.33. The highest BCUT2D eigenvalue weighted by atomic mass is 35.5. The van der Waals surface area contributed by atoms with Crippen molar-refractivity contribution < 1.29 is 9.90 Å². The quantitative estimate of drug-likeness (QED) is 0.831. The summed E-state index contributed by atoms with van der Waals surface area (Å²) in [6.45, 7) is 0. The Kier molecular flexibility index (Phi) is 3.49. The minimum atomic E-state index is -0.871. The van der Waals surface area contributed by atoms with Gasteiger partial charge < -0.3 is 5.11 Å². The van der Waals surface area contributed by atoms with Gasteiger partial charge >= 0.3 is 5.97 Å². The Bertz CT molecular complexity index is 396. The first-order valence-electron chi connectivity index (χ1n) is 4.04. The van der Waals surface area contributed by atoms with E-state index in [1.807, 2.05) is 6.07 Å². The second-order valence-electron chi connectivity index (χ2n) is 2.81. The third-order valence-electron chi connectivity index (χ3n) is 1.80. The van der Waals surface area contributed by atoms with Crippen LogP contribution in [0.1, 0.15) is 17.5 Å². The van der Waals surface area contributed by atoms with Gasteiger partial charge in [0, 0.05) is 11.4 Å². The fraction of sp³-hybridized carbons (Fsp3) is 0.200. The maximum Gasteiger partial charge on any atom is 0.303 e. The predicted octanol–water partition coefficient (Wildman–Crippen LogP) is 2.23. The summed E-state index contributed by atoms with van der Waals surface area (Å²) in [7, 11) is 0. The van der Waals surface area contributed by atoms with Crippen molar-refractivity contribution in [3.63, 3.8) is 0 Å². The average Bonchev–Trinajstić information content (AvgIpc) is 2.15. The molecular formula is C10H8ClNO2. The van der Waals surface area contributed by atoms with Gasteiger partial charge in [0.05, 0.1) is 11.6 Å². The minimum Gasteiger partial charge on any atom is -0.481 e. The molecule has 0 spiro atoms. The Balaban J connectivity index is 2.87. The molecule has 14 heavy (non-hydrogen) atoms. The topological polar surface area (TPSA) is 61.1 Å². The Morgan fingerprint density at radius 3 is 2.86 bits per heavy atom. The number of nitriles is 1. The predicted molar refractivity (Wildman–Crippen MR) is 52.1 cm³/mol. The van der Waals surface area contributed by atoms with Crippen LogP contribution in [0.3, 0.4) is 0 Å². The van der Waals surface area contributed by atoms with Crippen LogP contribution in [0.25, 0.3) is 0 Å². The van der Waals surface area contributed by atoms with Gasteiger partial charge in [-0.1, -0.05) is 17.7 Å². The van der Waals surface area contributed by atoms with E-state index in [1.165, 1.54) is 0 Å². The van der Waals surface area contributed by atoms with Crippen molar-refractivity contribution in [2.75, 3.05) is 0 Å². The van der Waals surface area contributed by atoms with Crippen LogP contribution >= 0.6 is 11.6 Å². The van der Waals surface area contributed by atoms with Crippen LogP contribution < -0.4 is 0 Å². The summed E-state index contributed by atoms with van der Waals surface area (Å²) in [5.41, 5.74) is 1.16. The molecule has 0 aliphatic carbocycles. The van der Waals surface area contributed by atoms with E-state index in [2.05, 4.69) is 0 Å². The first-order chi connectivity index (χ1) is 6.63. The van der Waals surface area contributed by atoms with E-state index in [1.54, 1.807) is 18.2 Å². The van der Waals surface area contributed by atoms with E-state index in [4.69, 9.17) is 22.0 Å². The van der Waals surface area contributed by atoms with Crippen molar-refractivity contribution in [1.29, 1.82) is 5.26 Å². The van der Waals surface area contributed by atoms with Crippen molar-refractivity contribution in [3.05, 3.63) is 34.3 Å². The number of carboxylic acid groups (broad SMARTS) is 1. The number of benzene rings is 1. The summed E-state index contributed by atoms with van der Waals surface area (Å²) in [5, 5.41) is 17.7. The van der Waals surface area contributed by atoms with E-state index in [0.29, 0.717) is 17.0 Å². The molecule has 0 unspecified atom stereocenters. The molecule has 1 rings (SSSR count). The normalized spacial score (nSPS) is 9.43. The minimum absolute atomic E-state index is 0.0241. The van der Waals surface area contributed by atoms with Crippen LogP contribution in [0.15, 0.2) is 18.2 Å². The molecule has 0 aromatic heterocycles. The standard InChI is InChI=1S/C10H8ClNO2/c11-9-3-1-7(2-4-10(13)14)8(5-9)6-12/h1,3,5H,2,4H2,(H,13,14). The van der Waals surface area contributed by atoms with Crippen molar-refractivity contribution in [2.24, 2.45) is 0 Å². The van der Waals surface area contributed by atoms with Crippen molar-refractivity contribution >= 4 is 17.6 Å². The molecule has 0 saturated heterocycles. The number of carboxylic acids is 1. The Morgan fingerprint density at radius 1 is 1.57 bits per heavy atom. The van der Waals surface area contributed by atoms with Gasteiger partial charge in [0.25, 0.3) is 0 Å². The molecule has 3 nitrogen and oxygen atoms in total. The largest absolute Gasteiger partial charge is 0.481 e. The number of nitrogens with zero attached hydrogens (tertiary/aromatic N) is 1. The Morgan fingerprint density at radius 2 is 2.29 bits per heavy atom. The summed E-state index contributed by atoms with van der Waals surface area (Å²) < 4.78 is 0. The summed E-state index contributed by atoms with van der Waals surface area (Å²) in [6, 6.07) is 6.86. The summed E-state index contributed by atoms with van der Waals surface area (Å²) >= 11 is 5.69. The average molecular weight is 210 g/mol. The van der Waals surface area contributed by atoms with Gasteiger partial charge in [0.1, 0.15) is 0 Å². The molecule has 0 amide bonds. The summed E-state index contributed by atoms with van der Waals surface area (Å²) in [6.07, 6.45) is 0.381. The van der Waals surface area contributed by atoms with Crippen LogP contribution in [0.5, 0.6) is 0 Å². The van der Waals surface area contributed by atoms with Crippen LogP contribution in [0.2, 0.25) is 5.02 Å². The monoisotopic (exact) mass is 209 g/mol. The van der Waals surface area contributed by atoms with Gasteiger partial charge in [-0.05, 0) is 24.1 Å². The maximum atomic E-state index is 10.3. The maximum absolute atomic E-state index is 10.3. The smallest absolute Gasteiger partial charge is 0.303 e. The lowest BCUT2D eigenvalue weighted by Crippen LogP contribution is -1.99. The van der Waals surface area contributed by atoms with Crippen LogP contribution in [-0.2, 0) is 11.2 Å². The highest BCUT2D eigenvalue weighted by Gasteiger charge is 2.05. The number of hydrogen-bond donors (Lipinski definition) is 1. The van der Waals surface area contributed by atoms with E-state index in [0.717, 1.165) is 5.56 Å². The van der Waals surface area contributed by atoms with Gasteiger partial charge in [0.2, 0.25) is 0 Å². The Hall–Kier alpha value is -1.53. The molecule has 0 atom stereocenters. The molecule has 1 N–H and O–H groups in total. The molecule has 0 aliphatic rings. The number of aryl methyl sites for hydroxylation is 1. The molecular weight excluding hydrogens is 202 g/mol. The fourth-order valence-corrected chi connectivity index (χ4v) is 1.28. The zero-order valence-corrected chi connectivity index (χ0v) is 8.08. The molecule has 72 valence electrons. The number of carbonyl (C=O) groups is 1. The first kappa shape index (κ1) is 10.6. The second-order valence-corrected chi connectivity index (χ2v) is 3.24. The lowest BCUT2D eigenvalue weighted by atomic mass is 10.0. The first-order valence-corrected chi connectivity index (χ1v) is 4.41. The zero-order chi connectivity index (χ0) is 10.6. The number of aliphatic carboxylic acids is 1.